The van der Waals surface area contributed by atoms with Crippen LogP contribution < -0.4 is 4.74 Å². The third-order valence-electron chi connectivity index (χ3n) is 2.13. The van der Waals surface area contributed by atoms with Crippen molar-refractivity contribution in [3.05, 3.63) is 24.3 Å². The summed E-state index contributed by atoms with van der Waals surface area (Å²) in [4.78, 5) is -0.0306. The van der Waals surface area contributed by atoms with Gasteiger partial charge in [-0.2, -0.15) is 13.2 Å². The molecule has 0 bridgehead atoms. The Morgan fingerprint density at radius 2 is 1.85 bits per heavy atom. The van der Waals surface area contributed by atoms with Gasteiger partial charge >= 0.3 is 5.51 Å². The Morgan fingerprint density at radius 3 is 2.45 bits per heavy atom. The highest BCUT2D eigenvalue weighted by Gasteiger charge is 2.30. The summed E-state index contributed by atoms with van der Waals surface area (Å²) in [5.41, 5.74) is -4.38. The highest BCUT2D eigenvalue weighted by atomic mass is 32.2. The molecule has 114 valence electrons. The molecule has 0 aromatic heterocycles. The zero-order chi connectivity index (χ0) is 15.2. The van der Waals surface area contributed by atoms with Crippen LogP contribution in [0.25, 0.3) is 0 Å². The van der Waals surface area contributed by atoms with Crippen LogP contribution in [0.4, 0.5) is 13.2 Å². The first kappa shape index (κ1) is 17.1. The molecule has 0 aliphatic carbocycles. The van der Waals surface area contributed by atoms with Gasteiger partial charge < -0.3 is 14.6 Å². The van der Waals surface area contributed by atoms with Crippen LogP contribution in [-0.4, -0.2) is 36.0 Å². The smallest absolute Gasteiger partial charge is 0.446 e. The van der Waals surface area contributed by atoms with Gasteiger partial charge in [-0.15, -0.1) is 0 Å². The standard InChI is InChI=1S/C13H17F3O3S/c1-9(2)18-7-10(17)8-19-11-5-3-4-6-12(11)20-13(14,15)16/h3-6,9-10,17H,7-8H2,1-2H3. The average Bonchev–Trinajstić information content (AvgIpc) is 2.33. The number of hydrogen-bond donors (Lipinski definition) is 1. The molecule has 0 radical (unpaired) electrons. The quantitative estimate of drug-likeness (QED) is 0.783. The maximum Gasteiger partial charge on any atom is 0.446 e. The van der Waals surface area contributed by atoms with E-state index in [0.717, 1.165) is 0 Å². The van der Waals surface area contributed by atoms with Gasteiger partial charge in [0, 0.05) is 0 Å². The Kier molecular flexibility index (Phi) is 6.64. The summed E-state index contributed by atoms with van der Waals surface area (Å²) in [7, 11) is 0. The molecule has 1 unspecified atom stereocenters. The number of ether oxygens (including phenoxy) is 2. The van der Waals surface area contributed by atoms with E-state index in [9.17, 15) is 18.3 Å². The summed E-state index contributed by atoms with van der Waals surface area (Å²) < 4.78 is 47.5. The lowest BCUT2D eigenvalue weighted by molar-refractivity contribution is -0.0330. The van der Waals surface area contributed by atoms with Crippen LogP contribution >= 0.6 is 11.8 Å². The molecule has 1 aromatic carbocycles. The minimum Gasteiger partial charge on any atom is -0.490 e. The lowest BCUT2D eigenvalue weighted by Crippen LogP contribution is -2.25. The predicted molar refractivity (Wildman–Crippen MR) is 70.9 cm³/mol. The molecule has 0 heterocycles. The van der Waals surface area contributed by atoms with E-state index in [2.05, 4.69) is 0 Å². The van der Waals surface area contributed by atoms with Crippen LogP contribution in [0.2, 0.25) is 0 Å². The maximum absolute atomic E-state index is 12.4. The van der Waals surface area contributed by atoms with Gasteiger partial charge in [0.15, 0.2) is 0 Å². The van der Waals surface area contributed by atoms with Crippen molar-refractivity contribution < 1.29 is 27.8 Å². The van der Waals surface area contributed by atoms with Crippen molar-refractivity contribution in [2.45, 2.75) is 36.5 Å². The SMILES string of the molecule is CC(C)OCC(O)COc1ccccc1SC(F)(F)F. The van der Waals surface area contributed by atoms with E-state index in [1.54, 1.807) is 6.07 Å². The van der Waals surface area contributed by atoms with E-state index in [1.807, 2.05) is 13.8 Å². The fourth-order valence-electron chi connectivity index (χ4n) is 1.32. The lowest BCUT2D eigenvalue weighted by atomic mass is 10.3. The highest BCUT2D eigenvalue weighted by Crippen LogP contribution is 2.41. The van der Waals surface area contributed by atoms with Crippen LogP contribution in [0.5, 0.6) is 5.75 Å². The number of alkyl halides is 3. The van der Waals surface area contributed by atoms with Crippen molar-refractivity contribution in [1.29, 1.82) is 0 Å². The zero-order valence-electron chi connectivity index (χ0n) is 11.2. The van der Waals surface area contributed by atoms with Gasteiger partial charge in [-0.3, -0.25) is 0 Å². The van der Waals surface area contributed by atoms with Crippen LogP contribution in [-0.2, 0) is 4.74 Å². The molecule has 1 N–H and O–H groups in total. The van der Waals surface area contributed by atoms with E-state index in [4.69, 9.17) is 9.47 Å². The average molecular weight is 310 g/mol. The van der Waals surface area contributed by atoms with Gasteiger partial charge in [0.25, 0.3) is 0 Å². The Hall–Kier alpha value is -0.920. The number of rotatable bonds is 7. The van der Waals surface area contributed by atoms with E-state index in [1.165, 1.54) is 18.2 Å². The van der Waals surface area contributed by atoms with Crippen LogP contribution in [0.1, 0.15) is 13.8 Å². The summed E-state index contributed by atoms with van der Waals surface area (Å²) in [5, 5.41) is 9.60. The van der Waals surface area contributed by atoms with Crippen molar-refractivity contribution in [2.75, 3.05) is 13.2 Å². The summed E-state index contributed by atoms with van der Waals surface area (Å²) in [6, 6.07) is 5.83. The zero-order valence-corrected chi connectivity index (χ0v) is 12.0. The minimum absolute atomic E-state index is 0.0299. The molecule has 0 aliphatic heterocycles. The number of benzene rings is 1. The molecule has 0 fully saturated rings. The maximum atomic E-state index is 12.4. The van der Waals surface area contributed by atoms with Crippen molar-refractivity contribution >= 4 is 11.8 Å². The molecule has 0 aliphatic rings. The third-order valence-corrected chi connectivity index (χ3v) is 2.92. The highest BCUT2D eigenvalue weighted by molar-refractivity contribution is 8.00. The number of thioether (sulfide) groups is 1. The Bertz CT molecular complexity index is 410. The molecule has 0 spiro atoms. The van der Waals surface area contributed by atoms with Crippen molar-refractivity contribution in [3.8, 4) is 5.75 Å². The molecule has 1 rings (SSSR count). The van der Waals surface area contributed by atoms with E-state index in [-0.39, 0.29) is 41.7 Å². The second kappa shape index (κ2) is 7.75. The normalized spacial score (nSPS) is 13.6. The Balaban J connectivity index is 2.55. The third kappa shape index (κ3) is 7.02. The number of halogens is 3. The number of para-hydroxylation sites is 1. The first-order valence-corrected chi connectivity index (χ1v) is 6.87. The summed E-state index contributed by atoms with van der Waals surface area (Å²) >= 11 is -0.241. The fraction of sp³-hybridized carbons (Fsp3) is 0.538. The van der Waals surface area contributed by atoms with E-state index < -0.39 is 11.6 Å². The molecule has 0 saturated carbocycles. The Morgan fingerprint density at radius 1 is 1.20 bits per heavy atom. The van der Waals surface area contributed by atoms with Gasteiger partial charge in [-0.05, 0) is 37.7 Å². The molecule has 1 aromatic rings. The summed E-state index contributed by atoms with van der Waals surface area (Å²) in [6.45, 7) is 3.60. The predicted octanol–water partition coefficient (Wildman–Crippen LogP) is 3.46. The number of hydrogen-bond acceptors (Lipinski definition) is 4. The Labute approximate surface area is 120 Å². The second-order valence-electron chi connectivity index (χ2n) is 4.34. The monoisotopic (exact) mass is 310 g/mol. The molecule has 20 heavy (non-hydrogen) atoms. The van der Waals surface area contributed by atoms with Crippen LogP contribution in [0.15, 0.2) is 29.2 Å². The molecular weight excluding hydrogens is 293 g/mol. The number of aliphatic hydroxyl groups is 1. The fourth-order valence-corrected chi connectivity index (χ4v) is 1.94. The van der Waals surface area contributed by atoms with Gasteiger partial charge in [-0.1, -0.05) is 12.1 Å². The van der Waals surface area contributed by atoms with Crippen molar-refractivity contribution in [3.63, 3.8) is 0 Å². The first-order chi connectivity index (χ1) is 9.28. The van der Waals surface area contributed by atoms with Crippen LogP contribution in [0, 0.1) is 0 Å². The lowest BCUT2D eigenvalue weighted by Gasteiger charge is -2.16. The van der Waals surface area contributed by atoms with Gasteiger partial charge in [0.05, 0.1) is 17.6 Å². The largest absolute Gasteiger partial charge is 0.490 e. The molecule has 1 atom stereocenters. The van der Waals surface area contributed by atoms with Crippen LogP contribution in [0.3, 0.4) is 0 Å². The molecule has 0 amide bonds. The van der Waals surface area contributed by atoms with E-state index >= 15 is 0 Å². The van der Waals surface area contributed by atoms with Crippen molar-refractivity contribution in [2.24, 2.45) is 0 Å². The molecule has 7 heteroatoms. The topological polar surface area (TPSA) is 38.7 Å². The molecule has 0 saturated heterocycles. The molecule has 3 nitrogen and oxygen atoms in total. The van der Waals surface area contributed by atoms with Gasteiger partial charge in [-0.25, -0.2) is 0 Å². The second-order valence-corrected chi connectivity index (χ2v) is 5.45. The van der Waals surface area contributed by atoms with Crippen molar-refractivity contribution in [1.82, 2.24) is 0 Å². The van der Waals surface area contributed by atoms with Gasteiger partial charge in [0.2, 0.25) is 0 Å². The van der Waals surface area contributed by atoms with E-state index in [0.29, 0.717) is 0 Å². The van der Waals surface area contributed by atoms with Gasteiger partial charge in [0.1, 0.15) is 18.5 Å². The summed E-state index contributed by atoms with van der Waals surface area (Å²) in [5.74, 6) is 0.0958. The first-order valence-electron chi connectivity index (χ1n) is 6.05. The summed E-state index contributed by atoms with van der Waals surface area (Å²) in [6.07, 6.45) is -0.918. The minimum atomic E-state index is -4.38. The molecular formula is C13H17F3O3S. The number of aliphatic hydroxyl groups excluding tert-OH is 1.